The van der Waals surface area contributed by atoms with E-state index in [2.05, 4.69) is 12.1 Å². The number of ether oxygens (including phenoxy) is 2. The number of aliphatic hydroxyl groups excluding tert-OH is 2. The van der Waals surface area contributed by atoms with Crippen molar-refractivity contribution in [1.29, 1.82) is 0 Å². The molecule has 0 unspecified atom stereocenters. The molecule has 1 aliphatic carbocycles. The van der Waals surface area contributed by atoms with E-state index in [0.29, 0.717) is 18.1 Å². The van der Waals surface area contributed by atoms with Crippen LogP contribution in [0, 0.1) is 5.92 Å². The highest BCUT2D eigenvalue weighted by Gasteiger charge is 2.31. The van der Waals surface area contributed by atoms with E-state index in [0.717, 1.165) is 36.0 Å². The molecule has 0 radical (unpaired) electrons. The maximum Gasteiger partial charge on any atom is 0.120 e. The number of hydrogen-bond donors (Lipinski definition) is 3. The van der Waals surface area contributed by atoms with Gasteiger partial charge in [-0.2, -0.15) is 0 Å². The van der Waals surface area contributed by atoms with Crippen molar-refractivity contribution < 1.29 is 19.7 Å². The monoisotopic (exact) mass is 407 g/mol. The number of aliphatic hydroxyl groups is 2. The van der Waals surface area contributed by atoms with Gasteiger partial charge >= 0.3 is 0 Å². The van der Waals surface area contributed by atoms with Crippen LogP contribution in [-0.4, -0.2) is 36.1 Å². The fourth-order valence-electron chi connectivity index (χ4n) is 3.86. The number of fused-ring (bicyclic) bond motifs is 1. The molecule has 0 saturated heterocycles. The van der Waals surface area contributed by atoms with Crippen LogP contribution in [0.25, 0.3) is 10.8 Å². The second-order valence-electron chi connectivity index (χ2n) is 8.27. The van der Waals surface area contributed by atoms with Crippen molar-refractivity contribution in [3.8, 4) is 5.75 Å². The smallest absolute Gasteiger partial charge is 0.120 e. The van der Waals surface area contributed by atoms with E-state index in [1.807, 2.05) is 54.6 Å². The Morgan fingerprint density at radius 2 is 1.60 bits per heavy atom. The molecule has 0 atom stereocenters. The summed E-state index contributed by atoms with van der Waals surface area (Å²) in [5.74, 6) is 1.41. The Labute approximate surface area is 177 Å². The fourth-order valence-corrected chi connectivity index (χ4v) is 3.86. The third-order valence-corrected chi connectivity index (χ3v) is 5.91. The van der Waals surface area contributed by atoms with Gasteiger partial charge in [0, 0.05) is 0 Å². The van der Waals surface area contributed by atoms with Crippen molar-refractivity contribution in [2.75, 3.05) is 19.8 Å². The van der Waals surface area contributed by atoms with Gasteiger partial charge in [0.25, 0.3) is 0 Å². The minimum Gasteiger partial charge on any atom is -0.490 e. The Balaban J connectivity index is 1.29. The van der Waals surface area contributed by atoms with Crippen LogP contribution in [0.3, 0.4) is 0 Å². The Morgan fingerprint density at radius 1 is 0.900 bits per heavy atom. The third-order valence-electron chi connectivity index (χ3n) is 5.91. The average Bonchev–Trinajstić information content (AvgIpc) is 2.77. The van der Waals surface area contributed by atoms with Crippen molar-refractivity contribution in [3.05, 3.63) is 77.9 Å². The minimum atomic E-state index is -1.13. The first-order valence-corrected chi connectivity index (χ1v) is 10.4. The fraction of sp³-hybridized carbons (Fsp3) is 0.360. The summed E-state index contributed by atoms with van der Waals surface area (Å²) in [4.78, 5) is 0. The molecule has 30 heavy (non-hydrogen) atoms. The topological polar surface area (TPSA) is 84.9 Å². The molecule has 1 saturated carbocycles. The highest BCUT2D eigenvalue weighted by molar-refractivity contribution is 5.84. The van der Waals surface area contributed by atoms with Crippen LogP contribution in [0.15, 0.2) is 66.7 Å². The summed E-state index contributed by atoms with van der Waals surface area (Å²) in [5.41, 5.74) is 6.86. The Morgan fingerprint density at radius 3 is 2.33 bits per heavy atom. The SMILES string of the molecule is NC(CO)(CO)c1ccc2cc(O[C@H]3C[C@@H](COCc4ccccc4)C3)ccc2c1. The number of benzene rings is 3. The predicted molar refractivity (Wildman–Crippen MR) is 117 cm³/mol. The first-order valence-electron chi connectivity index (χ1n) is 10.4. The summed E-state index contributed by atoms with van der Waals surface area (Å²) in [6.07, 6.45) is 2.25. The Kier molecular flexibility index (Phi) is 6.35. The first kappa shape index (κ1) is 20.8. The molecule has 0 aliphatic heterocycles. The second kappa shape index (κ2) is 9.14. The van der Waals surface area contributed by atoms with E-state index in [-0.39, 0.29) is 19.3 Å². The average molecular weight is 408 g/mol. The molecule has 4 rings (SSSR count). The molecular weight excluding hydrogens is 378 g/mol. The van der Waals surface area contributed by atoms with Crippen LogP contribution in [0.5, 0.6) is 5.75 Å². The van der Waals surface area contributed by atoms with Gasteiger partial charge in [0.15, 0.2) is 0 Å². The van der Waals surface area contributed by atoms with E-state index in [9.17, 15) is 10.2 Å². The largest absolute Gasteiger partial charge is 0.490 e. The lowest BCUT2D eigenvalue weighted by molar-refractivity contribution is -0.00245. The van der Waals surface area contributed by atoms with E-state index >= 15 is 0 Å². The van der Waals surface area contributed by atoms with E-state index < -0.39 is 5.54 Å². The molecule has 0 bridgehead atoms. The normalized spacial score (nSPS) is 18.9. The Bertz CT molecular complexity index is 965. The summed E-state index contributed by atoms with van der Waals surface area (Å²) in [7, 11) is 0. The van der Waals surface area contributed by atoms with Crippen LogP contribution in [-0.2, 0) is 16.9 Å². The Hall–Kier alpha value is -2.44. The van der Waals surface area contributed by atoms with E-state index in [1.165, 1.54) is 5.56 Å². The molecule has 0 heterocycles. The van der Waals surface area contributed by atoms with Gasteiger partial charge in [-0.1, -0.05) is 48.5 Å². The molecule has 3 aromatic carbocycles. The van der Waals surface area contributed by atoms with Crippen LogP contribution in [0.2, 0.25) is 0 Å². The lowest BCUT2D eigenvalue weighted by Crippen LogP contribution is -2.44. The van der Waals surface area contributed by atoms with Gasteiger partial charge < -0.3 is 25.4 Å². The summed E-state index contributed by atoms with van der Waals surface area (Å²) in [6.45, 7) is 0.806. The van der Waals surface area contributed by atoms with Gasteiger partial charge in [-0.05, 0) is 58.9 Å². The van der Waals surface area contributed by atoms with Crippen molar-refractivity contribution in [2.45, 2.75) is 31.1 Å². The molecule has 5 nitrogen and oxygen atoms in total. The zero-order chi connectivity index (χ0) is 21.0. The molecule has 4 N–H and O–H groups in total. The molecule has 5 heteroatoms. The maximum absolute atomic E-state index is 9.51. The van der Waals surface area contributed by atoms with E-state index in [4.69, 9.17) is 15.2 Å². The van der Waals surface area contributed by atoms with Crippen LogP contribution >= 0.6 is 0 Å². The van der Waals surface area contributed by atoms with Gasteiger partial charge in [0.05, 0.1) is 38.1 Å². The minimum absolute atomic E-state index is 0.229. The molecule has 0 spiro atoms. The summed E-state index contributed by atoms with van der Waals surface area (Å²) in [5, 5.41) is 21.1. The van der Waals surface area contributed by atoms with Gasteiger partial charge in [0.2, 0.25) is 0 Å². The van der Waals surface area contributed by atoms with Gasteiger partial charge in [-0.15, -0.1) is 0 Å². The number of rotatable bonds is 9. The molecule has 1 fully saturated rings. The van der Waals surface area contributed by atoms with Gasteiger partial charge in [-0.25, -0.2) is 0 Å². The summed E-state index contributed by atoms with van der Waals surface area (Å²) in [6, 6.07) is 21.9. The van der Waals surface area contributed by atoms with Crippen molar-refractivity contribution >= 4 is 10.8 Å². The molecule has 0 aromatic heterocycles. The zero-order valence-electron chi connectivity index (χ0n) is 17.0. The third kappa shape index (κ3) is 4.65. The lowest BCUT2D eigenvalue weighted by Gasteiger charge is -2.35. The van der Waals surface area contributed by atoms with Crippen molar-refractivity contribution in [1.82, 2.24) is 0 Å². The maximum atomic E-state index is 9.51. The van der Waals surface area contributed by atoms with Crippen molar-refractivity contribution in [3.63, 3.8) is 0 Å². The highest BCUT2D eigenvalue weighted by Crippen LogP contribution is 2.33. The number of hydrogen-bond acceptors (Lipinski definition) is 5. The quantitative estimate of drug-likeness (QED) is 0.507. The summed E-state index contributed by atoms with van der Waals surface area (Å²) < 4.78 is 12.0. The van der Waals surface area contributed by atoms with Crippen LogP contribution in [0.1, 0.15) is 24.0 Å². The predicted octanol–water partition coefficient (Wildman–Crippen LogP) is 3.35. The van der Waals surface area contributed by atoms with Gasteiger partial charge in [-0.3, -0.25) is 0 Å². The van der Waals surface area contributed by atoms with Gasteiger partial charge in [0.1, 0.15) is 5.75 Å². The molecule has 1 aliphatic rings. The highest BCUT2D eigenvalue weighted by atomic mass is 16.5. The molecular formula is C25H29NO4. The zero-order valence-corrected chi connectivity index (χ0v) is 17.0. The lowest BCUT2D eigenvalue weighted by atomic mass is 9.83. The molecule has 0 amide bonds. The van der Waals surface area contributed by atoms with Crippen LogP contribution in [0.4, 0.5) is 0 Å². The molecule has 158 valence electrons. The first-order chi connectivity index (χ1) is 14.6. The standard InChI is InChI=1S/C25H29NO4/c26-25(16-27,17-28)22-8-6-21-13-23(9-7-20(21)12-22)30-24-10-19(11-24)15-29-14-18-4-2-1-3-5-18/h1-9,12-13,19,24,27-28H,10-11,14-17,26H2/t19-,24+. The van der Waals surface area contributed by atoms with Crippen LogP contribution < -0.4 is 10.5 Å². The second-order valence-corrected chi connectivity index (χ2v) is 8.27. The van der Waals surface area contributed by atoms with Crippen molar-refractivity contribution in [2.24, 2.45) is 11.7 Å². The molecule has 3 aromatic rings. The number of nitrogens with two attached hydrogens (primary N) is 1. The van der Waals surface area contributed by atoms with E-state index in [1.54, 1.807) is 0 Å². The summed E-state index contributed by atoms with van der Waals surface area (Å²) >= 11 is 0.